The normalized spacial score (nSPS) is 10.0. The number of nitrogens with one attached hydrogen (secondary N) is 1. The molecule has 1 heterocycles. The zero-order valence-electron chi connectivity index (χ0n) is 4.60. The molecule has 0 saturated heterocycles. The quantitative estimate of drug-likeness (QED) is 0.404. The highest BCUT2D eigenvalue weighted by Crippen LogP contribution is 1.60. The summed E-state index contributed by atoms with van der Waals surface area (Å²) in [5.74, 6) is 0. The monoisotopic (exact) mass is 169 g/mol. The number of hydrogen-bond acceptors (Lipinski definition) is 6. The maximum absolute atomic E-state index is 8.60. The summed E-state index contributed by atoms with van der Waals surface area (Å²) in [5, 5.41) is 5.99. The molecule has 0 aliphatic rings. The van der Waals surface area contributed by atoms with Crippen LogP contribution in [0.15, 0.2) is 12.7 Å². The number of hydrogen-bond donors (Lipinski definition) is 2. The fourth-order valence-electron chi connectivity index (χ4n) is 0.167. The number of aromatic nitrogens is 3. The molecule has 0 spiro atoms. The smallest absolute Gasteiger partial charge is 0.137 e. The van der Waals surface area contributed by atoms with Crippen LogP contribution in [0.3, 0.4) is 0 Å². The van der Waals surface area contributed by atoms with Gasteiger partial charge in [0.25, 0.3) is 0 Å². The first-order valence-electron chi connectivity index (χ1n) is 1.92. The lowest BCUT2D eigenvalue weighted by Gasteiger charge is -2.03. The molecule has 0 atom stereocenters. The van der Waals surface area contributed by atoms with E-state index in [9.17, 15) is 0 Å². The van der Waals surface area contributed by atoms with Crippen molar-refractivity contribution in [1.82, 2.24) is 15.2 Å². The SMILES string of the molecule is [O-][Cl+3]([O-])([O-])O.c1nc[nH]n1. The largest absolute Gasteiger partial charge is 0.266 e. The number of rotatable bonds is 0. The minimum atomic E-state index is -4.69. The lowest BCUT2D eigenvalue weighted by Crippen LogP contribution is -2.58. The van der Waals surface area contributed by atoms with Gasteiger partial charge in [-0.3, -0.25) is 5.10 Å². The van der Waals surface area contributed by atoms with E-state index in [0.717, 1.165) is 0 Å². The second-order valence-electron chi connectivity index (χ2n) is 1.05. The molecule has 1 aromatic heterocycles. The number of H-pyrrole nitrogens is 1. The Balaban J connectivity index is 0.000000162. The number of halogens is 1. The van der Waals surface area contributed by atoms with Crippen molar-refractivity contribution in [3.63, 3.8) is 0 Å². The van der Waals surface area contributed by atoms with Gasteiger partial charge in [0.2, 0.25) is 0 Å². The Morgan fingerprint density at radius 3 is 2.00 bits per heavy atom. The third-order valence-corrected chi connectivity index (χ3v) is 0.331. The Morgan fingerprint density at radius 2 is 1.90 bits per heavy atom. The molecular formula is C2H4ClN3O4. The van der Waals surface area contributed by atoms with Crippen molar-refractivity contribution in [1.29, 1.82) is 0 Å². The van der Waals surface area contributed by atoms with Crippen LogP contribution in [0, 0.1) is 10.2 Å². The van der Waals surface area contributed by atoms with Gasteiger partial charge in [0.15, 0.2) is 0 Å². The summed E-state index contributed by atoms with van der Waals surface area (Å²) in [4.78, 5) is 3.56. The Kier molecular flexibility index (Phi) is 3.84. The van der Waals surface area contributed by atoms with Crippen molar-refractivity contribution in [2.75, 3.05) is 0 Å². The van der Waals surface area contributed by atoms with E-state index >= 15 is 0 Å². The molecule has 0 radical (unpaired) electrons. The van der Waals surface area contributed by atoms with Crippen molar-refractivity contribution in [3.05, 3.63) is 12.7 Å². The second kappa shape index (κ2) is 4.14. The molecule has 58 valence electrons. The molecule has 0 fully saturated rings. The summed E-state index contributed by atoms with van der Waals surface area (Å²) in [5.41, 5.74) is 0. The van der Waals surface area contributed by atoms with Crippen LogP contribution in [0.4, 0.5) is 0 Å². The van der Waals surface area contributed by atoms with E-state index in [-0.39, 0.29) is 0 Å². The highest BCUT2D eigenvalue weighted by molar-refractivity contribution is 4.43. The molecule has 7 nitrogen and oxygen atoms in total. The molecule has 0 bridgehead atoms. The van der Waals surface area contributed by atoms with Gasteiger partial charge in [0.05, 0.1) is 14.9 Å². The zero-order valence-corrected chi connectivity index (χ0v) is 5.35. The van der Waals surface area contributed by atoms with Gasteiger partial charge in [0.1, 0.15) is 12.7 Å². The first-order chi connectivity index (χ1) is 4.50. The third-order valence-electron chi connectivity index (χ3n) is 0.331. The van der Waals surface area contributed by atoms with Crippen LogP contribution >= 0.6 is 0 Å². The van der Waals surface area contributed by atoms with Crippen LogP contribution in [0.25, 0.3) is 0 Å². The summed E-state index contributed by atoms with van der Waals surface area (Å²) in [6.45, 7) is 0. The second-order valence-corrected chi connectivity index (χ2v) is 1.84. The number of aromatic amines is 1. The van der Waals surface area contributed by atoms with Crippen molar-refractivity contribution < 1.29 is 28.9 Å². The maximum atomic E-state index is 8.60. The van der Waals surface area contributed by atoms with Gasteiger partial charge in [-0.15, -0.1) is 0 Å². The molecular weight excluding hydrogens is 165 g/mol. The van der Waals surface area contributed by atoms with Crippen molar-refractivity contribution in [3.8, 4) is 0 Å². The number of nitrogens with zero attached hydrogens (tertiary/aromatic N) is 2. The molecule has 0 aliphatic heterocycles. The van der Waals surface area contributed by atoms with Gasteiger partial charge >= 0.3 is 0 Å². The van der Waals surface area contributed by atoms with Gasteiger partial charge in [-0.25, -0.2) is 4.98 Å². The summed E-state index contributed by atoms with van der Waals surface area (Å²) in [6.07, 6.45) is 2.96. The molecule has 2 N–H and O–H groups in total. The lowest BCUT2D eigenvalue weighted by molar-refractivity contribution is -1.92. The van der Waals surface area contributed by atoms with Crippen LogP contribution in [-0.2, 0) is 0 Å². The molecule has 10 heavy (non-hydrogen) atoms. The Labute approximate surface area is 57.7 Å². The van der Waals surface area contributed by atoms with Gasteiger partial charge in [-0.05, 0) is 0 Å². The average molecular weight is 170 g/mol. The van der Waals surface area contributed by atoms with Gasteiger partial charge < -0.3 is 0 Å². The highest BCUT2D eigenvalue weighted by Gasteiger charge is 1.98. The predicted molar refractivity (Wildman–Crippen MR) is 18.6 cm³/mol. The van der Waals surface area contributed by atoms with Crippen LogP contribution < -0.4 is 14.0 Å². The highest BCUT2D eigenvalue weighted by atomic mass is 35.7. The van der Waals surface area contributed by atoms with Gasteiger partial charge in [-0.2, -0.15) is 19.1 Å². The topological polar surface area (TPSA) is 131 Å². The molecule has 0 amide bonds. The van der Waals surface area contributed by atoms with Crippen LogP contribution in [0.5, 0.6) is 0 Å². The molecule has 8 heteroatoms. The molecule has 1 aromatic rings. The van der Waals surface area contributed by atoms with E-state index in [4.69, 9.17) is 18.6 Å². The van der Waals surface area contributed by atoms with Crippen molar-refractivity contribution in [2.24, 2.45) is 0 Å². The van der Waals surface area contributed by atoms with Crippen molar-refractivity contribution >= 4 is 0 Å². The van der Waals surface area contributed by atoms with Crippen LogP contribution in [0.1, 0.15) is 0 Å². The molecule has 0 aliphatic carbocycles. The predicted octanol–water partition coefficient (Wildman–Crippen LogP) is -4.32. The van der Waals surface area contributed by atoms with Crippen LogP contribution in [0.2, 0.25) is 0 Å². The van der Waals surface area contributed by atoms with Crippen LogP contribution in [-0.4, -0.2) is 19.8 Å². The Hall–Kier alpha value is -0.730. The third kappa shape index (κ3) is 15.7. The van der Waals surface area contributed by atoms with E-state index in [1.54, 1.807) is 0 Å². The summed E-state index contributed by atoms with van der Waals surface area (Å²) in [7, 11) is -4.69. The fraction of sp³-hybridized carbons (Fsp3) is 0. The van der Waals surface area contributed by atoms with E-state index in [2.05, 4.69) is 15.2 Å². The minimum Gasteiger partial charge on any atom is -0.266 e. The van der Waals surface area contributed by atoms with Gasteiger partial charge in [0, 0.05) is 0 Å². The Bertz CT molecular complexity index is 125. The standard InChI is InChI=1S/C2H3N3.ClHO4/c1-3-2-5-4-1;2-1(3,4)5/h1-2H,(H,3,4,5);(H,2,3,4,5). The average Bonchev–Trinajstić information content (AvgIpc) is 2.07. The first-order valence-corrected chi connectivity index (χ1v) is 3.18. The molecule has 0 saturated carbocycles. The zero-order chi connectivity index (χ0) is 8.04. The summed E-state index contributed by atoms with van der Waals surface area (Å²) in [6, 6.07) is 0. The van der Waals surface area contributed by atoms with E-state index < -0.39 is 10.2 Å². The summed E-state index contributed by atoms with van der Waals surface area (Å²) < 4.78 is 32.7. The molecule has 1 rings (SSSR count). The Morgan fingerprint density at radius 1 is 1.40 bits per heavy atom. The molecule has 0 unspecified atom stereocenters. The minimum absolute atomic E-state index is 1.44. The molecule has 0 aromatic carbocycles. The first kappa shape index (κ1) is 9.27. The van der Waals surface area contributed by atoms with Crippen molar-refractivity contribution in [2.45, 2.75) is 0 Å². The fourth-order valence-corrected chi connectivity index (χ4v) is 0.167. The van der Waals surface area contributed by atoms with E-state index in [1.807, 2.05) is 0 Å². The lowest BCUT2D eigenvalue weighted by atomic mass is 11.3. The van der Waals surface area contributed by atoms with Gasteiger partial charge in [-0.1, -0.05) is 0 Å². The van der Waals surface area contributed by atoms with E-state index in [1.165, 1.54) is 12.7 Å². The van der Waals surface area contributed by atoms with E-state index in [0.29, 0.717) is 0 Å². The summed E-state index contributed by atoms with van der Waals surface area (Å²) >= 11 is 0. The maximum Gasteiger partial charge on any atom is 0.137 e.